The molecule has 0 aromatic carbocycles. The molecule has 1 heterocycles. The van der Waals surface area contributed by atoms with Crippen LogP contribution in [0.4, 0.5) is 0 Å². The van der Waals surface area contributed by atoms with E-state index in [1.807, 2.05) is 19.9 Å². The molecule has 1 aromatic rings. The molecule has 0 aliphatic rings. The molecule has 0 radical (unpaired) electrons. The van der Waals surface area contributed by atoms with Crippen molar-refractivity contribution in [2.75, 3.05) is 6.54 Å². The van der Waals surface area contributed by atoms with Crippen LogP contribution in [0.15, 0.2) is 6.07 Å². The minimum Gasteiger partial charge on any atom is -0.480 e. The van der Waals surface area contributed by atoms with Gasteiger partial charge in [0.15, 0.2) is 6.04 Å². The molecule has 0 spiro atoms. The number of hydrogen-bond acceptors (Lipinski definition) is 3. The Labute approximate surface area is 82.5 Å². The molecule has 78 valence electrons. The van der Waals surface area contributed by atoms with Crippen LogP contribution < -0.4 is 5.73 Å². The first-order valence-corrected chi connectivity index (χ1v) is 4.52. The number of hydrogen-bond donors (Lipinski definition) is 2. The molecule has 5 heteroatoms. The van der Waals surface area contributed by atoms with Crippen LogP contribution in [0.2, 0.25) is 0 Å². The third-order valence-corrected chi connectivity index (χ3v) is 2.06. The van der Waals surface area contributed by atoms with Crippen LogP contribution in [0, 0.1) is 13.8 Å². The van der Waals surface area contributed by atoms with Gasteiger partial charge in [-0.1, -0.05) is 0 Å². The number of carboxylic acid groups (broad SMARTS) is 1. The highest BCUT2D eigenvalue weighted by molar-refractivity contribution is 5.71. The van der Waals surface area contributed by atoms with Crippen molar-refractivity contribution in [3.8, 4) is 0 Å². The summed E-state index contributed by atoms with van der Waals surface area (Å²) in [6.45, 7) is 4.02. The largest absolute Gasteiger partial charge is 0.480 e. The summed E-state index contributed by atoms with van der Waals surface area (Å²) in [6.07, 6.45) is 0.400. The van der Waals surface area contributed by atoms with Gasteiger partial charge in [-0.15, -0.1) is 0 Å². The summed E-state index contributed by atoms with van der Waals surface area (Å²) in [6, 6.07) is 1.21. The number of rotatable bonds is 4. The van der Waals surface area contributed by atoms with Crippen molar-refractivity contribution in [2.24, 2.45) is 5.73 Å². The molecule has 0 saturated carbocycles. The fourth-order valence-electron chi connectivity index (χ4n) is 1.47. The van der Waals surface area contributed by atoms with Crippen molar-refractivity contribution < 1.29 is 9.90 Å². The molecule has 0 bridgehead atoms. The molecule has 5 nitrogen and oxygen atoms in total. The number of aryl methyl sites for hydroxylation is 2. The Kier molecular flexibility index (Phi) is 3.24. The smallest absolute Gasteiger partial charge is 0.328 e. The first-order valence-electron chi connectivity index (χ1n) is 4.52. The van der Waals surface area contributed by atoms with Crippen molar-refractivity contribution in [1.82, 2.24) is 9.78 Å². The molecule has 14 heavy (non-hydrogen) atoms. The molecule has 1 unspecified atom stereocenters. The Morgan fingerprint density at radius 3 is 2.71 bits per heavy atom. The van der Waals surface area contributed by atoms with Gasteiger partial charge in [-0.2, -0.15) is 5.10 Å². The summed E-state index contributed by atoms with van der Waals surface area (Å²) < 4.78 is 1.52. The number of nitrogens with two attached hydrogens (primary N) is 1. The van der Waals surface area contributed by atoms with E-state index >= 15 is 0 Å². The summed E-state index contributed by atoms with van der Waals surface area (Å²) in [5.74, 6) is -0.887. The molecule has 0 saturated heterocycles. The average molecular weight is 197 g/mol. The Hall–Kier alpha value is -1.36. The highest BCUT2D eigenvalue weighted by Gasteiger charge is 2.20. The van der Waals surface area contributed by atoms with E-state index in [2.05, 4.69) is 5.10 Å². The lowest BCUT2D eigenvalue weighted by molar-refractivity contribution is -0.141. The minimum absolute atomic E-state index is 0.343. The molecule has 0 fully saturated rings. The highest BCUT2D eigenvalue weighted by Crippen LogP contribution is 2.14. The topological polar surface area (TPSA) is 81.1 Å². The number of nitrogens with zero attached hydrogens (tertiary/aromatic N) is 2. The van der Waals surface area contributed by atoms with E-state index in [0.29, 0.717) is 13.0 Å². The molecule has 0 aliphatic heterocycles. The Bertz CT molecular complexity index is 333. The summed E-state index contributed by atoms with van der Waals surface area (Å²) >= 11 is 0. The third-order valence-electron chi connectivity index (χ3n) is 2.06. The van der Waals surface area contributed by atoms with Gasteiger partial charge in [0, 0.05) is 5.69 Å². The van der Waals surface area contributed by atoms with Gasteiger partial charge in [-0.25, -0.2) is 4.79 Å². The molecular weight excluding hydrogens is 182 g/mol. The van der Waals surface area contributed by atoms with Crippen LogP contribution in [0.5, 0.6) is 0 Å². The van der Waals surface area contributed by atoms with Crippen molar-refractivity contribution in [2.45, 2.75) is 26.3 Å². The van der Waals surface area contributed by atoms with Gasteiger partial charge in [0.05, 0.1) is 5.69 Å². The molecule has 3 N–H and O–H groups in total. The van der Waals surface area contributed by atoms with E-state index in [1.165, 1.54) is 4.68 Å². The van der Waals surface area contributed by atoms with Crippen LogP contribution in [-0.4, -0.2) is 27.4 Å². The maximum Gasteiger partial charge on any atom is 0.328 e. The van der Waals surface area contributed by atoms with Gasteiger partial charge in [0.2, 0.25) is 0 Å². The number of aliphatic carboxylic acids is 1. The number of carboxylic acids is 1. The first kappa shape index (κ1) is 10.7. The van der Waals surface area contributed by atoms with Crippen LogP contribution in [0.25, 0.3) is 0 Å². The van der Waals surface area contributed by atoms with E-state index in [9.17, 15) is 4.79 Å². The van der Waals surface area contributed by atoms with Gasteiger partial charge >= 0.3 is 5.97 Å². The SMILES string of the molecule is Cc1cc(C)n(C(CCN)C(=O)O)n1. The second-order valence-corrected chi connectivity index (χ2v) is 3.30. The first-order chi connectivity index (χ1) is 6.56. The lowest BCUT2D eigenvalue weighted by Crippen LogP contribution is -2.24. The van der Waals surface area contributed by atoms with Crippen molar-refractivity contribution in [3.63, 3.8) is 0 Å². The number of carbonyl (C=O) groups is 1. The maximum absolute atomic E-state index is 10.9. The monoisotopic (exact) mass is 197 g/mol. The predicted molar refractivity (Wildman–Crippen MR) is 52.0 cm³/mol. The Morgan fingerprint density at radius 2 is 2.36 bits per heavy atom. The molecular formula is C9H15N3O2. The lowest BCUT2D eigenvalue weighted by atomic mass is 10.2. The zero-order valence-electron chi connectivity index (χ0n) is 8.40. The van der Waals surface area contributed by atoms with Gasteiger partial charge in [0.25, 0.3) is 0 Å². The van der Waals surface area contributed by atoms with Gasteiger partial charge in [-0.05, 0) is 32.9 Å². The zero-order valence-corrected chi connectivity index (χ0v) is 8.40. The van der Waals surface area contributed by atoms with Crippen molar-refractivity contribution >= 4 is 5.97 Å². The summed E-state index contributed by atoms with van der Waals surface area (Å²) in [7, 11) is 0. The lowest BCUT2D eigenvalue weighted by Gasteiger charge is -2.13. The highest BCUT2D eigenvalue weighted by atomic mass is 16.4. The Balaban J connectivity index is 2.98. The minimum atomic E-state index is -0.887. The van der Waals surface area contributed by atoms with Crippen molar-refractivity contribution in [1.29, 1.82) is 0 Å². The predicted octanol–water partition coefficient (Wildman–Crippen LogP) is 0.474. The summed E-state index contributed by atoms with van der Waals surface area (Å²) in [5.41, 5.74) is 7.03. The summed E-state index contributed by atoms with van der Waals surface area (Å²) in [5, 5.41) is 13.1. The van der Waals surface area contributed by atoms with Crippen LogP contribution >= 0.6 is 0 Å². The van der Waals surface area contributed by atoms with Crippen molar-refractivity contribution in [3.05, 3.63) is 17.5 Å². The fraction of sp³-hybridized carbons (Fsp3) is 0.556. The quantitative estimate of drug-likeness (QED) is 0.735. The van der Waals surface area contributed by atoms with Gasteiger partial charge in [-0.3, -0.25) is 4.68 Å². The normalized spacial score (nSPS) is 12.8. The second kappa shape index (κ2) is 4.23. The van der Waals surface area contributed by atoms with E-state index in [1.54, 1.807) is 0 Å². The third kappa shape index (κ3) is 2.11. The van der Waals surface area contributed by atoms with Crippen LogP contribution in [0.1, 0.15) is 23.9 Å². The zero-order chi connectivity index (χ0) is 10.7. The maximum atomic E-state index is 10.9. The molecule has 1 aromatic heterocycles. The van der Waals surface area contributed by atoms with Crippen LogP contribution in [-0.2, 0) is 4.79 Å². The van der Waals surface area contributed by atoms with E-state index in [4.69, 9.17) is 10.8 Å². The molecule has 1 atom stereocenters. The van der Waals surface area contributed by atoms with E-state index in [0.717, 1.165) is 11.4 Å². The van der Waals surface area contributed by atoms with Crippen LogP contribution in [0.3, 0.4) is 0 Å². The van der Waals surface area contributed by atoms with Gasteiger partial charge < -0.3 is 10.8 Å². The fourth-order valence-corrected chi connectivity index (χ4v) is 1.47. The molecule has 1 rings (SSSR count). The molecule has 0 amide bonds. The molecule has 0 aliphatic carbocycles. The standard InChI is InChI=1S/C9H15N3O2/c1-6-5-7(2)12(11-6)8(3-4-10)9(13)14/h5,8H,3-4,10H2,1-2H3,(H,13,14). The van der Waals surface area contributed by atoms with E-state index in [-0.39, 0.29) is 0 Å². The average Bonchev–Trinajstić information content (AvgIpc) is 2.40. The Morgan fingerprint density at radius 1 is 1.71 bits per heavy atom. The summed E-state index contributed by atoms with van der Waals surface area (Å²) in [4.78, 5) is 10.9. The van der Waals surface area contributed by atoms with Gasteiger partial charge in [0.1, 0.15) is 0 Å². The number of aromatic nitrogens is 2. The van der Waals surface area contributed by atoms with E-state index < -0.39 is 12.0 Å². The second-order valence-electron chi connectivity index (χ2n) is 3.30.